The van der Waals surface area contributed by atoms with Crippen LogP contribution in [-0.4, -0.2) is 20.9 Å². The van der Waals surface area contributed by atoms with Gasteiger partial charge in [0.25, 0.3) is 0 Å². The highest BCUT2D eigenvalue weighted by atomic mass is 32.1. The maximum atomic E-state index is 11.4. The summed E-state index contributed by atoms with van der Waals surface area (Å²) in [6, 6.07) is -0.109. The van der Waals surface area contributed by atoms with E-state index in [0.29, 0.717) is 0 Å². The van der Waals surface area contributed by atoms with Crippen molar-refractivity contribution in [1.82, 2.24) is 15.3 Å². The Morgan fingerprint density at radius 1 is 1.80 bits per heavy atom. The van der Waals surface area contributed by atoms with Gasteiger partial charge in [-0.3, -0.25) is 4.79 Å². The fraction of sp³-hybridized carbons (Fsp3) is 0.444. The number of amides is 1. The van der Waals surface area contributed by atoms with Gasteiger partial charge >= 0.3 is 0 Å². The van der Waals surface area contributed by atoms with E-state index in [1.165, 1.54) is 0 Å². The lowest BCUT2D eigenvalue weighted by molar-refractivity contribution is -0.120. The highest BCUT2D eigenvalue weighted by molar-refractivity contribution is 7.80. The van der Waals surface area contributed by atoms with E-state index >= 15 is 0 Å². The number of aromatic amines is 1. The van der Waals surface area contributed by atoms with Crippen LogP contribution in [0.15, 0.2) is 12.4 Å². The van der Waals surface area contributed by atoms with Crippen LogP contribution < -0.4 is 11.1 Å². The smallest absolute Gasteiger partial charge is 0.227 e. The Kier molecular flexibility index (Phi) is 4.23. The van der Waals surface area contributed by atoms with Crippen LogP contribution in [0.3, 0.4) is 0 Å². The second-order valence-corrected chi connectivity index (χ2v) is 3.67. The first-order valence-electron chi connectivity index (χ1n) is 4.70. The van der Waals surface area contributed by atoms with Gasteiger partial charge in [-0.1, -0.05) is 19.1 Å². The van der Waals surface area contributed by atoms with Crippen LogP contribution in [0.25, 0.3) is 0 Å². The molecule has 1 aromatic heterocycles. The van der Waals surface area contributed by atoms with Gasteiger partial charge in [-0.25, -0.2) is 4.98 Å². The molecule has 0 aliphatic carbocycles. The summed E-state index contributed by atoms with van der Waals surface area (Å²) < 4.78 is 0. The SMILES string of the molecule is CCC(NC(=O)CC(N)=S)c1ncc[nH]1. The van der Waals surface area contributed by atoms with Crippen molar-refractivity contribution in [2.45, 2.75) is 25.8 Å². The third-order valence-electron chi connectivity index (χ3n) is 1.93. The number of nitrogens with two attached hydrogens (primary N) is 1. The fourth-order valence-electron chi connectivity index (χ4n) is 1.24. The Bertz CT molecular complexity index is 336. The van der Waals surface area contributed by atoms with Crippen molar-refractivity contribution in [2.75, 3.05) is 0 Å². The summed E-state index contributed by atoms with van der Waals surface area (Å²) in [6.07, 6.45) is 4.21. The highest BCUT2D eigenvalue weighted by Gasteiger charge is 2.14. The Morgan fingerprint density at radius 3 is 3.00 bits per heavy atom. The lowest BCUT2D eigenvalue weighted by Gasteiger charge is -2.14. The lowest BCUT2D eigenvalue weighted by Crippen LogP contribution is -2.31. The summed E-state index contributed by atoms with van der Waals surface area (Å²) in [5, 5.41) is 2.80. The van der Waals surface area contributed by atoms with Crippen LogP contribution in [0.2, 0.25) is 0 Å². The molecule has 1 heterocycles. The van der Waals surface area contributed by atoms with Gasteiger partial charge in [0, 0.05) is 12.4 Å². The molecular formula is C9H14N4OS. The van der Waals surface area contributed by atoms with Crippen molar-refractivity contribution >= 4 is 23.1 Å². The minimum absolute atomic E-state index is 0.0759. The average molecular weight is 226 g/mol. The summed E-state index contributed by atoms with van der Waals surface area (Å²) in [4.78, 5) is 18.6. The molecule has 0 aromatic carbocycles. The maximum Gasteiger partial charge on any atom is 0.227 e. The molecule has 4 N–H and O–H groups in total. The predicted octanol–water partition coefficient (Wildman–Crippen LogP) is 0.653. The zero-order chi connectivity index (χ0) is 11.3. The van der Waals surface area contributed by atoms with Crippen LogP contribution in [0, 0.1) is 0 Å². The quantitative estimate of drug-likeness (QED) is 0.644. The summed E-state index contributed by atoms with van der Waals surface area (Å²) in [5.41, 5.74) is 5.28. The molecule has 1 amide bonds. The number of imidazole rings is 1. The minimum Gasteiger partial charge on any atom is -0.393 e. The summed E-state index contributed by atoms with van der Waals surface area (Å²) in [7, 11) is 0. The molecule has 0 aliphatic heterocycles. The van der Waals surface area contributed by atoms with E-state index in [4.69, 9.17) is 5.73 Å². The van der Waals surface area contributed by atoms with Crippen molar-refractivity contribution in [2.24, 2.45) is 5.73 Å². The van der Waals surface area contributed by atoms with Gasteiger partial charge in [-0.05, 0) is 6.42 Å². The van der Waals surface area contributed by atoms with Gasteiger partial charge in [0.05, 0.1) is 17.5 Å². The number of carbonyl (C=O) groups excluding carboxylic acids is 1. The van der Waals surface area contributed by atoms with Gasteiger partial charge in [0.2, 0.25) is 5.91 Å². The van der Waals surface area contributed by atoms with Crippen LogP contribution in [0.5, 0.6) is 0 Å². The van der Waals surface area contributed by atoms with Crippen molar-refractivity contribution < 1.29 is 4.79 Å². The second-order valence-electron chi connectivity index (χ2n) is 3.15. The number of hydrogen-bond acceptors (Lipinski definition) is 3. The zero-order valence-electron chi connectivity index (χ0n) is 8.49. The van der Waals surface area contributed by atoms with Gasteiger partial charge in [-0.2, -0.15) is 0 Å². The Morgan fingerprint density at radius 2 is 2.53 bits per heavy atom. The zero-order valence-corrected chi connectivity index (χ0v) is 9.30. The number of H-pyrrole nitrogens is 1. The lowest BCUT2D eigenvalue weighted by atomic mass is 10.2. The number of aromatic nitrogens is 2. The highest BCUT2D eigenvalue weighted by Crippen LogP contribution is 2.11. The number of nitrogens with one attached hydrogen (secondary N) is 2. The first kappa shape index (κ1) is 11.6. The average Bonchev–Trinajstić information content (AvgIpc) is 2.65. The molecule has 0 saturated heterocycles. The van der Waals surface area contributed by atoms with Gasteiger partial charge in [-0.15, -0.1) is 0 Å². The Balaban J connectivity index is 2.54. The largest absolute Gasteiger partial charge is 0.393 e. The summed E-state index contributed by atoms with van der Waals surface area (Å²) >= 11 is 4.65. The number of rotatable bonds is 5. The molecule has 0 radical (unpaired) electrons. The van der Waals surface area contributed by atoms with Crippen LogP contribution in [-0.2, 0) is 4.79 Å². The number of hydrogen-bond donors (Lipinski definition) is 3. The first-order valence-corrected chi connectivity index (χ1v) is 5.11. The first-order chi connectivity index (χ1) is 7.13. The molecule has 1 unspecified atom stereocenters. The number of nitrogens with zero attached hydrogens (tertiary/aromatic N) is 1. The van der Waals surface area contributed by atoms with Gasteiger partial charge < -0.3 is 16.0 Å². The normalized spacial score (nSPS) is 12.1. The predicted molar refractivity (Wildman–Crippen MR) is 61.2 cm³/mol. The molecule has 15 heavy (non-hydrogen) atoms. The summed E-state index contributed by atoms with van der Waals surface area (Å²) in [5.74, 6) is 0.569. The van der Waals surface area contributed by atoms with Gasteiger partial charge in [0.15, 0.2) is 0 Å². The molecule has 0 fully saturated rings. The molecule has 0 bridgehead atoms. The standard InChI is InChI=1S/C9H14N4OS/c1-2-6(9-11-3-4-12-9)13-8(14)5-7(10)15/h3-4,6H,2,5H2,1H3,(H2,10,15)(H,11,12)(H,13,14). The molecule has 0 saturated carbocycles. The van der Waals surface area contributed by atoms with E-state index in [2.05, 4.69) is 27.5 Å². The monoisotopic (exact) mass is 226 g/mol. The molecule has 1 atom stereocenters. The van der Waals surface area contributed by atoms with Crippen LogP contribution >= 0.6 is 12.2 Å². The fourth-order valence-corrected chi connectivity index (χ4v) is 1.37. The summed E-state index contributed by atoms with van der Waals surface area (Å²) in [6.45, 7) is 1.97. The Hall–Kier alpha value is -1.43. The van der Waals surface area contributed by atoms with E-state index in [1.807, 2.05) is 6.92 Å². The van der Waals surface area contributed by atoms with Crippen molar-refractivity contribution in [3.8, 4) is 0 Å². The molecule has 0 spiro atoms. The third kappa shape index (κ3) is 3.67. The molecular weight excluding hydrogens is 212 g/mol. The topological polar surface area (TPSA) is 83.8 Å². The van der Waals surface area contributed by atoms with E-state index in [9.17, 15) is 4.79 Å². The third-order valence-corrected chi connectivity index (χ3v) is 2.07. The maximum absolute atomic E-state index is 11.4. The van der Waals surface area contributed by atoms with Crippen molar-refractivity contribution in [1.29, 1.82) is 0 Å². The molecule has 0 aliphatic rings. The number of thiocarbonyl (C=S) groups is 1. The molecule has 1 aromatic rings. The van der Waals surface area contributed by atoms with Gasteiger partial charge in [0.1, 0.15) is 5.82 Å². The van der Waals surface area contributed by atoms with Crippen LogP contribution in [0.1, 0.15) is 31.6 Å². The molecule has 6 heteroatoms. The minimum atomic E-state index is -0.175. The van der Waals surface area contributed by atoms with Crippen molar-refractivity contribution in [3.63, 3.8) is 0 Å². The second kappa shape index (κ2) is 5.45. The van der Waals surface area contributed by atoms with E-state index in [0.717, 1.165) is 12.2 Å². The molecule has 1 rings (SSSR count). The van der Waals surface area contributed by atoms with Crippen LogP contribution in [0.4, 0.5) is 0 Å². The Labute approximate surface area is 93.5 Å². The van der Waals surface area contributed by atoms with E-state index in [1.54, 1.807) is 12.4 Å². The van der Waals surface area contributed by atoms with E-state index < -0.39 is 0 Å². The number of carbonyl (C=O) groups is 1. The molecule has 5 nitrogen and oxygen atoms in total. The van der Waals surface area contributed by atoms with Crippen molar-refractivity contribution in [3.05, 3.63) is 18.2 Å². The molecule has 82 valence electrons. The van der Waals surface area contributed by atoms with E-state index in [-0.39, 0.29) is 23.4 Å².